The number of aromatic nitrogens is 1. The van der Waals surface area contributed by atoms with Crippen LogP contribution in [-0.2, 0) is 11.8 Å². The van der Waals surface area contributed by atoms with Gasteiger partial charge in [-0.25, -0.2) is 4.98 Å². The summed E-state index contributed by atoms with van der Waals surface area (Å²) in [6.45, 7) is 3.78. The molecule has 1 aromatic rings. The average Bonchev–Trinajstić information content (AvgIpc) is 2.31. The molecule has 0 radical (unpaired) electrons. The number of nitrogens with zero attached hydrogens (tertiary/aromatic N) is 1. The normalized spacial score (nSPS) is 26.6. The van der Waals surface area contributed by atoms with Gasteiger partial charge in [0, 0.05) is 11.3 Å². The van der Waals surface area contributed by atoms with Gasteiger partial charge in [0.1, 0.15) is 16.4 Å². The van der Waals surface area contributed by atoms with E-state index in [0.29, 0.717) is 5.75 Å². The number of rotatable bonds is 1. The molecule has 1 unspecified atom stereocenters. The van der Waals surface area contributed by atoms with Gasteiger partial charge >= 0.3 is 6.18 Å². The van der Waals surface area contributed by atoms with Crippen LogP contribution in [0.15, 0.2) is 12.1 Å². The third kappa shape index (κ3) is 2.65. The molecule has 1 aromatic heterocycles. The molecule has 0 saturated carbocycles. The van der Waals surface area contributed by atoms with E-state index in [2.05, 4.69) is 4.98 Å². The summed E-state index contributed by atoms with van der Waals surface area (Å²) in [5.41, 5.74) is -2.52. The van der Waals surface area contributed by atoms with Crippen LogP contribution in [0.1, 0.15) is 31.5 Å². The summed E-state index contributed by atoms with van der Waals surface area (Å²) in [6, 6.07) is 2.11. The molecule has 7 heteroatoms. The molecular formula is C13H15ClF3NOS. The number of hydrogen-bond donors (Lipinski definition) is 1. The molecule has 112 valence electrons. The van der Waals surface area contributed by atoms with Crippen LogP contribution in [0.2, 0.25) is 5.15 Å². The number of halogens is 4. The van der Waals surface area contributed by atoms with Gasteiger partial charge in [0.25, 0.3) is 0 Å². The van der Waals surface area contributed by atoms with E-state index in [-0.39, 0.29) is 10.7 Å². The van der Waals surface area contributed by atoms with E-state index in [1.165, 1.54) is 6.07 Å². The molecule has 1 N–H and O–H groups in total. The lowest BCUT2D eigenvalue weighted by Crippen LogP contribution is -2.47. The molecule has 1 aliphatic heterocycles. The van der Waals surface area contributed by atoms with Crippen LogP contribution in [0.5, 0.6) is 0 Å². The quantitative estimate of drug-likeness (QED) is 0.789. The van der Waals surface area contributed by atoms with E-state index in [1.54, 1.807) is 11.8 Å². The standard InChI is InChI=1S/C13H15ClF3NOS/c1-11(2)5-6-20-7-12(11,19)8-3-4-9(13(15,16)17)18-10(8)14/h3-4,19H,5-7H2,1-2H3. The van der Waals surface area contributed by atoms with Crippen molar-refractivity contribution in [1.29, 1.82) is 0 Å². The van der Waals surface area contributed by atoms with Gasteiger partial charge in [-0.2, -0.15) is 24.9 Å². The SMILES string of the molecule is CC1(C)CCSCC1(O)c1ccc(C(F)(F)F)nc1Cl. The Hall–Kier alpha value is -0.460. The Morgan fingerprint density at radius 1 is 1.35 bits per heavy atom. The second-order valence-electron chi connectivity index (χ2n) is 5.58. The van der Waals surface area contributed by atoms with Gasteiger partial charge in [0.2, 0.25) is 0 Å². The Morgan fingerprint density at radius 3 is 2.50 bits per heavy atom. The van der Waals surface area contributed by atoms with Crippen molar-refractivity contribution in [2.45, 2.75) is 32.0 Å². The van der Waals surface area contributed by atoms with Crippen molar-refractivity contribution in [3.05, 3.63) is 28.5 Å². The van der Waals surface area contributed by atoms with Crippen LogP contribution in [0.3, 0.4) is 0 Å². The fourth-order valence-corrected chi connectivity index (χ4v) is 4.24. The first-order valence-electron chi connectivity index (χ1n) is 6.12. The maximum atomic E-state index is 12.6. The second kappa shape index (κ2) is 5.07. The van der Waals surface area contributed by atoms with Gasteiger partial charge in [-0.3, -0.25) is 0 Å². The zero-order valence-electron chi connectivity index (χ0n) is 11.1. The first kappa shape index (κ1) is 15.9. The highest BCUT2D eigenvalue weighted by atomic mass is 35.5. The maximum absolute atomic E-state index is 12.6. The molecule has 1 atom stereocenters. The van der Waals surface area contributed by atoms with Crippen LogP contribution in [0.4, 0.5) is 13.2 Å². The van der Waals surface area contributed by atoms with Gasteiger partial charge < -0.3 is 5.11 Å². The Balaban J connectivity index is 2.47. The minimum absolute atomic E-state index is 0.268. The van der Waals surface area contributed by atoms with Crippen LogP contribution in [0, 0.1) is 5.41 Å². The monoisotopic (exact) mass is 325 g/mol. The Kier molecular flexibility index (Phi) is 4.04. The molecule has 0 aliphatic carbocycles. The maximum Gasteiger partial charge on any atom is 0.433 e. The second-order valence-corrected chi connectivity index (χ2v) is 7.04. The largest absolute Gasteiger partial charge is 0.433 e. The summed E-state index contributed by atoms with van der Waals surface area (Å²) < 4.78 is 37.8. The highest BCUT2D eigenvalue weighted by Crippen LogP contribution is 2.50. The predicted molar refractivity (Wildman–Crippen MR) is 73.9 cm³/mol. The highest BCUT2D eigenvalue weighted by molar-refractivity contribution is 7.99. The average molecular weight is 326 g/mol. The third-order valence-corrected chi connectivity index (χ3v) is 5.29. The van der Waals surface area contributed by atoms with Crippen molar-refractivity contribution < 1.29 is 18.3 Å². The number of aliphatic hydroxyl groups is 1. The molecule has 2 rings (SSSR count). The molecule has 0 aromatic carbocycles. The Labute approximate surface area is 124 Å². The van der Waals surface area contributed by atoms with Crippen LogP contribution >= 0.6 is 23.4 Å². The Bertz CT molecular complexity index is 521. The number of thioether (sulfide) groups is 1. The fourth-order valence-electron chi connectivity index (χ4n) is 2.29. The Morgan fingerprint density at radius 2 is 2.00 bits per heavy atom. The van der Waals surface area contributed by atoms with E-state index in [9.17, 15) is 18.3 Å². The molecule has 1 aliphatic rings. The van der Waals surface area contributed by atoms with Crippen molar-refractivity contribution >= 4 is 23.4 Å². The van der Waals surface area contributed by atoms with Gasteiger partial charge in [0.15, 0.2) is 0 Å². The zero-order chi connectivity index (χ0) is 15.2. The molecule has 1 saturated heterocycles. The minimum atomic E-state index is -4.54. The summed E-state index contributed by atoms with van der Waals surface area (Å²) in [5, 5.41) is 10.6. The van der Waals surface area contributed by atoms with Gasteiger partial charge in [-0.1, -0.05) is 31.5 Å². The lowest BCUT2D eigenvalue weighted by molar-refractivity contribution is -0.141. The molecule has 1 fully saturated rings. The van der Waals surface area contributed by atoms with Crippen molar-refractivity contribution in [3.63, 3.8) is 0 Å². The van der Waals surface area contributed by atoms with Crippen molar-refractivity contribution in [1.82, 2.24) is 4.98 Å². The first-order chi connectivity index (χ1) is 9.08. The zero-order valence-corrected chi connectivity index (χ0v) is 12.7. The number of pyridine rings is 1. The van der Waals surface area contributed by atoms with Crippen LogP contribution in [0.25, 0.3) is 0 Å². The van der Waals surface area contributed by atoms with Gasteiger partial charge in [0.05, 0.1) is 0 Å². The van der Waals surface area contributed by atoms with Gasteiger partial charge in [-0.05, 0) is 23.7 Å². The van der Waals surface area contributed by atoms with E-state index in [0.717, 1.165) is 18.2 Å². The van der Waals surface area contributed by atoms with Crippen molar-refractivity contribution in [2.75, 3.05) is 11.5 Å². The summed E-state index contributed by atoms with van der Waals surface area (Å²) >= 11 is 7.46. The summed E-state index contributed by atoms with van der Waals surface area (Å²) in [7, 11) is 0. The van der Waals surface area contributed by atoms with Gasteiger partial charge in [-0.15, -0.1) is 0 Å². The van der Waals surface area contributed by atoms with E-state index in [1.807, 2.05) is 13.8 Å². The molecular weight excluding hydrogens is 311 g/mol. The smallest absolute Gasteiger partial charge is 0.384 e. The van der Waals surface area contributed by atoms with Crippen LogP contribution < -0.4 is 0 Å². The molecule has 0 amide bonds. The minimum Gasteiger partial charge on any atom is -0.384 e. The lowest BCUT2D eigenvalue weighted by Gasteiger charge is -2.46. The van der Waals surface area contributed by atoms with E-state index < -0.39 is 22.9 Å². The van der Waals surface area contributed by atoms with Crippen molar-refractivity contribution in [3.8, 4) is 0 Å². The van der Waals surface area contributed by atoms with E-state index >= 15 is 0 Å². The number of hydrogen-bond acceptors (Lipinski definition) is 3. The molecule has 0 spiro atoms. The third-order valence-electron chi connectivity index (χ3n) is 3.89. The highest BCUT2D eigenvalue weighted by Gasteiger charge is 2.48. The lowest BCUT2D eigenvalue weighted by atomic mass is 9.70. The predicted octanol–water partition coefficient (Wildman–Crippen LogP) is 4.10. The molecule has 0 bridgehead atoms. The molecule has 2 nitrogen and oxygen atoms in total. The number of alkyl halides is 3. The fraction of sp³-hybridized carbons (Fsp3) is 0.615. The topological polar surface area (TPSA) is 33.1 Å². The summed E-state index contributed by atoms with van der Waals surface area (Å²) in [4.78, 5) is 3.40. The summed E-state index contributed by atoms with van der Waals surface area (Å²) in [5.74, 6) is 1.30. The summed E-state index contributed by atoms with van der Waals surface area (Å²) in [6.07, 6.45) is -3.78. The van der Waals surface area contributed by atoms with Crippen molar-refractivity contribution in [2.24, 2.45) is 5.41 Å². The first-order valence-corrected chi connectivity index (χ1v) is 7.65. The van der Waals surface area contributed by atoms with Crippen LogP contribution in [-0.4, -0.2) is 21.6 Å². The molecule has 20 heavy (non-hydrogen) atoms. The van der Waals surface area contributed by atoms with E-state index in [4.69, 9.17) is 11.6 Å². The molecule has 2 heterocycles.